The number of nitrogens with zero attached hydrogens (tertiary/aromatic N) is 1. The van der Waals surface area contributed by atoms with Crippen LogP contribution in [0.5, 0.6) is 0 Å². The Morgan fingerprint density at radius 1 is 1.32 bits per heavy atom. The lowest BCUT2D eigenvalue weighted by molar-refractivity contribution is -0.124. The molecule has 2 aromatic heterocycles. The minimum absolute atomic E-state index is 0.0133. The van der Waals surface area contributed by atoms with Gasteiger partial charge in [-0.05, 0) is 54.8 Å². The highest BCUT2D eigenvalue weighted by molar-refractivity contribution is 7.09. The fourth-order valence-electron chi connectivity index (χ4n) is 3.59. The van der Waals surface area contributed by atoms with Crippen LogP contribution in [0.4, 0.5) is 0 Å². The number of likely N-dealkylation sites (tertiary alicyclic amines) is 1. The molecule has 0 spiro atoms. The third-order valence-corrected chi connectivity index (χ3v) is 5.97. The summed E-state index contributed by atoms with van der Waals surface area (Å²) in [7, 11) is 0. The minimum Gasteiger partial charge on any atom is -0.459 e. The van der Waals surface area contributed by atoms with Crippen molar-refractivity contribution < 1.29 is 14.0 Å². The van der Waals surface area contributed by atoms with Gasteiger partial charge >= 0.3 is 0 Å². The number of furan rings is 1. The van der Waals surface area contributed by atoms with Crippen molar-refractivity contribution >= 4 is 23.2 Å². The Labute approximate surface area is 170 Å². The summed E-state index contributed by atoms with van der Waals surface area (Å²) in [6.07, 6.45) is 3.71. The molecule has 3 heterocycles. The summed E-state index contributed by atoms with van der Waals surface area (Å²) >= 11 is 1.79. The van der Waals surface area contributed by atoms with Crippen molar-refractivity contribution in [3.63, 3.8) is 0 Å². The average Bonchev–Trinajstić information content (AvgIpc) is 3.38. The molecule has 0 saturated carbocycles. The molecule has 1 fully saturated rings. The van der Waals surface area contributed by atoms with E-state index in [1.54, 1.807) is 23.5 Å². The van der Waals surface area contributed by atoms with Crippen LogP contribution in [0.25, 0.3) is 0 Å². The summed E-state index contributed by atoms with van der Waals surface area (Å²) in [5.41, 5.74) is 0. The van der Waals surface area contributed by atoms with Crippen molar-refractivity contribution in [2.24, 2.45) is 11.8 Å². The molecule has 0 aromatic carbocycles. The molecule has 2 aromatic rings. The van der Waals surface area contributed by atoms with Crippen LogP contribution >= 0.6 is 11.3 Å². The molecule has 1 aliphatic rings. The Morgan fingerprint density at radius 2 is 2.18 bits per heavy atom. The number of hydrogen-bond donors (Lipinski definition) is 2. The van der Waals surface area contributed by atoms with Crippen molar-refractivity contribution in [2.75, 3.05) is 19.6 Å². The molecule has 1 aliphatic heterocycles. The van der Waals surface area contributed by atoms with Gasteiger partial charge in [-0.1, -0.05) is 19.9 Å². The van der Waals surface area contributed by atoms with Crippen LogP contribution in [-0.4, -0.2) is 42.4 Å². The summed E-state index contributed by atoms with van der Waals surface area (Å²) in [6, 6.07) is 6.93. The number of amides is 2. The SMILES string of the molecule is CC(C)C(NC(=O)c1ccco1)C(=O)NCC1CCCN(Cc2cccs2)C1. The predicted molar refractivity (Wildman–Crippen MR) is 110 cm³/mol. The van der Waals surface area contributed by atoms with Crippen LogP contribution in [0.2, 0.25) is 0 Å². The van der Waals surface area contributed by atoms with Gasteiger partial charge in [0.1, 0.15) is 6.04 Å². The van der Waals surface area contributed by atoms with Gasteiger partial charge in [-0.3, -0.25) is 14.5 Å². The summed E-state index contributed by atoms with van der Waals surface area (Å²) in [4.78, 5) is 28.8. The fourth-order valence-corrected chi connectivity index (χ4v) is 4.34. The average molecular weight is 404 g/mol. The molecule has 3 rings (SSSR count). The molecule has 0 radical (unpaired) electrons. The molecule has 28 heavy (non-hydrogen) atoms. The lowest BCUT2D eigenvalue weighted by atomic mass is 9.97. The Balaban J connectivity index is 1.48. The largest absolute Gasteiger partial charge is 0.459 e. The summed E-state index contributed by atoms with van der Waals surface area (Å²) in [6.45, 7) is 7.57. The number of piperidine rings is 1. The monoisotopic (exact) mass is 403 g/mol. The number of rotatable bonds is 8. The molecule has 2 N–H and O–H groups in total. The molecule has 2 atom stereocenters. The molecule has 2 amide bonds. The first-order valence-electron chi connectivity index (χ1n) is 9.89. The van der Waals surface area contributed by atoms with Crippen LogP contribution in [0.15, 0.2) is 40.3 Å². The van der Waals surface area contributed by atoms with E-state index in [4.69, 9.17) is 4.42 Å². The third-order valence-electron chi connectivity index (χ3n) is 5.11. The highest BCUT2D eigenvalue weighted by Gasteiger charge is 2.27. The maximum atomic E-state index is 12.7. The van der Waals surface area contributed by atoms with Crippen LogP contribution in [0.1, 0.15) is 42.1 Å². The van der Waals surface area contributed by atoms with Gasteiger partial charge in [-0.15, -0.1) is 11.3 Å². The van der Waals surface area contributed by atoms with Gasteiger partial charge in [0.25, 0.3) is 5.91 Å². The molecule has 0 bridgehead atoms. The van der Waals surface area contributed by atoms with Gasteiger partial charge in [0.05, 0.1) is 6.26 Å². The van der Waals surface area contributed by atoms with E-state index in [0.717, 1.165) is 32.5 Å². The number of hydrogen-bond acceptors (Lipinski definition) is 5. The zero-order valence-electron chi connectivity index (χ0n) is 16.5. The Kier molecular flexibility index (Phi) is 7.28. The van der Waals surface area contributed by atoms with Gasteiger partial charge in [0, 0.05) is 24.5 Å². The van der Waals surface area contributed by atoms with Crippen molar-refractivity contribution in [3.05, 3.63) is 46.5 Å². The molecule has 6 nitrogen and oxygen atoms in total. The second-order valence-electron chi connectivity index (χ2n) is 7.74. The van der Waals surface area contributed by atoms with Crippen molar-refractivity contribution in [2.45, 2.75) is 39.3 Å². The summed E-state index contributed by atoms with van der Waals surface area (Å²) in [5.74, 6) is 0.144. The molecule has 2 unspecified atom stereocenters. The number of carbonyl (C=O) groups excluding carboxylic acids is 2. The second-order valence-corrected chi connectivity index (χ2v) is 8.77. The zero-order valence-corrected chi connectivity index (χ0v) is 17.3. The Hall–Kier alpha value is -2.12. The normalized spacial score (nSPS) is 18.8. The molecule has 7 heteroatoms. The molecular weight excluding hydrogens is 374 g/mol. The first kappa shape index (κ1) is 20.6. The van der Waals surface area contributed by atoms with E-state index in [1.807, 2.05) is 13.8 Å². The highest BCUT2D eigenvalue weighted by Crippen LogP contribution is 2.20. The molecule has 0 aliphatic carbocycles. The van der Waals surface area contributed by atoms with E-state index in [2.05, 4.69) is 33.0 Å². The number of carbonyl (C=O) groups is 2. The molecular formula is C21H29N3O3S. The van der Waals surface area contributed by atoms with Gasteiger partial charge < -0.3 is 15.1 Å². The lowest BCUT2D eigenvalue weighted by Crippen LogP contribution is -2.51. The van der Waals surface area contributed by atoms with Gasteiger partial charge in [0.15, 0.2) is 5.76 Å². The van der Waals surface area contributed by atoms with E-state index in [1.165, 1.54) is 11.1 Å². The van der Waals surface area contributed by atoms with Gasteiger partial charge in [-0.25, -0.2) is 0 Å². The number of thiophene rings is 1. The topological polar surface area (TPSA) is 74.6 Å². The minimum atomic E-state index is -0.580. The Bertz CT molecular complexity index is 743. The number of nitrogens with one attached hydrogen (secondary N) is 2. The highest BCUT2D eigenvalue weighted by atomic mass is 32.1. The van der Waals surface area contributed by atoms with Crippen LogP contribution in [0.3, 0.4) is 0 Å². The Morgan fingerprint density at radius 3 is 2.86 bits per heavy atom. The van der Waals surface area contributed by atoms with E-state index in [-0.39, 0.29) is 23.5 Å². The molecule has 1 saturated heterocycles. The maximum absolute atomic E-state index is 12.7. The van der Waals surface area contributed by atoms with Gasteiger partial charge in [0.2, 0.25) is 5.91 Å². The van der Waals surface area contributed by atoms with Gasteiger partial charge in [-0.2, -0.15) is 0 Å². The first-order valence-corrected chi connectivity index (χ1v) is 10.8. The van der Waals surface area contributed by atoms with E-state index in [9.17, 15) is 9.59 Å². The van der Waals surface area contributed by atoms with Crippen molar-refractivity contribution in [1.82, 2.24) is 15.5 Å². The smallest absolute Gasteiger partial charge is 0.287 e. The summed E-state index contributed by atoms with van der Waals surface area (Å²) < 4.78 is 5.12. The summed E-state index contributed by atoms with van der Waals surface area (Å²) in [5, 5.41) is 7.96. The first-order chi connectivity index (χ1) is 13.5. The van der Waals surface area contributed by atoms with E-state index >= 15 is 0 Å². The lowest BCUT2D eigenvalue weighted by Gasteiger charge is -2.33. The zero-order chi connectivity index (χ0) is 19.9. The van der Waals surface area contributed by atoms with E-state index in [0.29, 0.717) is 12.5 Å². The van der Waals surface area contributed by atoms with E-state index < -0.39 is 6.04 Å². The predicted octanol–water partition coefficient (Wildman–Crippen LogP) is 3.12. The third kappa shape index (κ3) is 5.69. The van der Waals surface area contributed by atoms with Crippen molar-refractivity contribution in [1.29, 1.82) is 0 Å². The van der Waals surface area contributed by atoms with Crippen LogP contribution < -0.4 is 10.6 Å². The van der Waals surface area contributed by atoms with Crippen LogP contribution in [-0.2, 0) is 11.3 Å². The second kappa shape index (κ2) is 9.89. The standard InChI is InChI=1S/C21H29N3O3S/c1-15(2)19(23-20(25)18-8-4-10-27-18)21(26)22-12-16-6-3-9-24(13-16)14-17-7-5-11-28-17/h4-5,7-8,10-11,15-16,19H,3,6,9,12-14H2,1-2H3,(H,22,26)(H,23,25). The maximum Gasteiger partial charge on any atom is 0.287 e. The quantitative estimate of drug-likeness (QED) is 0.710. The van der Waals surface area contributed by atoms with Crippen molar-refractivity contribution in [3.8, 4) is 0 Å². The van der Waals surface area contributed by atoms with Crippen LogP contribution in [0, 0.1) is 11.8 Å². The molecule has 152 valence electrons. The fraction of sp³-hybridized carbons (Fsp3) is 0.524.